The van der Waals surface area contributed by atoms with Crippen LogP contribution in [-0.4, -0.2) is 53.0 Å². The van der Waals surface area contributed by atoms with Crippen LogP contribution in [0.2, 0.25) is 0 Å². The third-order valence-corrected chi connectivity index (χ3v) is 4.67. The van der Waals surface area contributed by atoms with E-state index >= 15 is 0 Å². The Hall–Kier alpha value is -3.79. The Balaban J connectivity index is 1.59. The van der Waals surface area contributed by atoms with Gasteiger partial charge in [-0.05, 0) is 37.3 Å². The van der Waals surface area contributed by atoms with Crippen LogP contribution in [0, 0.1) is 0 Å². The number of nitrogens with one attached hydrogen (secondary N) is 2. The molecule has 2 aromatic heterocycles. The fraction of sp³-hybridized carbons (Fsp3) is 0.348. The second-order valence-electron chi connectivity index (χ2n) is 6.96. The zero-order valence-corrected chi connectivity index (χ0v) is 18.7. The van der Waals surface area contributed by atoms with Crippen LogP contribution in [0.25, 0.3) is 11.4 Å². The predicted octanol–water partition coefficient (Wildman–Crippen LogP) is 1.90. The smallest absolute Gasteiger partial charge is 0.273 e. The number of rotatable bonds is 12. The van der Waals surface area contributed by atoms with Gasteiger partial charge in [0.2, 0.25) is 5.91 Å². The van der Waals surface area contributed by atoms with Crippen molar-refractivity contribution >= 4 is 5.91 Å². The third kappa shape index (κ3) is 7.11. The SMILES string of the molecule is CCOCCOc1ccc(-c2nnc(CCC(=O)NCc3ccccn3)c(=O)[nH]2)cc1OC. The lowest BCUT2D eigenvalue weighted by Gasteiger charge is -2.12. The molecule has 10 nitrogen and oxygen atoms in total. The van der Waals surface area contributed by atoms with Gasteiger partial charge in [0.05, 0.1) is 26.0 Å². The van der Waals surface area contributed by atoms with Crippen LogP contribution < -0.4 is 20.3 Å². The van der Waals surface area contributed by atoms with Gasteiger partial charge in [-0.2, -0.15) is 0 Å². The molecule has 1 aromatic carbocycles. The lowest BCUT2D eigenvalue weighted by Crippen LogP contribution is -2.25. The molecule has 0 unspecified atom stereocenters. The van der Waals surface area contributed by atoms with E-state index in [0.717, 1.165) is 5.69 Å². The van der Waals surface area contributed by atoms with Crippen molar-refractivity contribution in [3.63, 3.8) is 0 Å². The average Bonchev–Trinajstić information content (AvgIpc) is 2.85. The maximum Gasteiger partial charge on any atom is 0.273 e. The number of H-pyrrole nitrogens is 1. The molecular formula is C23H27N5O5. The minimum absolute atomic E-state index is 0.117. The minimum Gasteiger partial charge on any atom is -0.493 e. The number of pyridine rings is 1. The highest BCUT2D eigenvalue weighted by Gasteiger charge is 2.12. The van der Waals surface area contributed by atoms with Gasteiger partial charge in [0.1, 0.15) is 12.3 Å². The van der Waals surface area contributed by atoms with Gasteiger partial charge < -0.3 is 24.5 Å². The molecule has 0 fully saturated rings. The van der Waals surface area contributed by atoms with Crippen LogP contribution in [0.1, 0.15) is 24.7 Å². The molecule has 0 saturated carbocycles. The van der Waals surface area contributed by atoms with Gasteiger partial charge in [-0.1, -0.05) is 6.07 Å². The Kier molecular flexibility index (Phi) is 8.89. The highest BCUT2D eigenvalue weighted by molar-refractivity contribution is 5.76. The lowest BCUT2D eigenvalue weighted by atomic mass is 10.2. The van der Waals surface area contributed by atoms with E-state index in [1.165, 1.54) is 7.11 Å². The maximum atomic E-state index is 12.5. The first-order chi connectivity index (χ1) is 16.1. The summed E-state index contributed by atoms with van der Waals surface area (Å²) in [7, 11) is 1.53. The molecule has 0 radical (unpaired) electrons. The van der Waals surface area contributed by atoms with Gasteiger partial charge in [0.25, 0.3) is 5.56 Å². The Labute approximate surface area is 191 Å². The van der Waals surface area contributed by atoms with Gasteiger partial charge in [-0.15, -0.1) is 10.2 Å². The summed E-state index contributed by atoms with van der Waals surface area (Å²) in [4.78, 5) is 31.4. The van der Waals surface area contributed by atoms with E-state index in [-0.39, 0.29) is 24.4 Å². The van der Waals surface area contributed by atoms with Crippen LogP contribution in [0.5, 0.6) is 11.5 Å². The number of nitrogens with zero attached hydrogens (tertiary/aromatic N) is 3. The Morgan fingerprint density at radius 3 is 2.73 bits per heavy atom. The number of aryl methyl sites for hydroxylation is 1. The van der Waals surface area contributed by atoms with E-state index in [2.05, 4.69) is 25.5 Å². The number of hydrogen-bond acceptors (Lipinski definition) is 8. The van der Waals surface area contributed by atoms with Crippen molar-refractivity contribution in [2.75, 3.05) is 26.9 Å². The van der Waals surface area contributed by atoms with E-state index in [1.807, 2.05) is 25.1 Å². The van der Waals surface area contributed by atoms with Gasteiger partial charge in [0.15, 0.2) is 17.3 Å². The van der Waals surface area contributed by atoms with Crippen molar-refractivity contribution < 1.29 is 19.0 Å². The second-order valence-corrected chi connectivity index (χ2v) is 6.96. The molecule has 1 amide bonds. The number of aromatic nitrogens is 4. The molecule has 0 aliphatic carbocycles. The molecule has 33 heavy (non-hydrogen) atoms. The number of carbonyl (C=O) groups excluding carboxylic acids is 1. The van der Waals surface area contributed by atoms with Crippen LogP contribution in [0.4, 0.5) is 0 Å². The van der Waals surface area contributed by atoms with Crippen LogP contribution >= 0.6 is 0 Å². The van der Waals surface area contributed by atoms with E-state index in [9.17, 15) is 9.59 Å². The Morgan fingerprint density at radius 1 is 1.12 bits per heavy atom. The van der Waals surface area contributed by atoms with Crippen molar-refractivity contribution in [1.29, 1.82) is 0 Å². The van der Waals surface area contributed by atoms with Gasteiger partial charge in [-0.25, -0.2) is 0 Å². The summed E-state index contributed by atoms with van der Waals surface area (Å²) in [5, 5.41) is 10.9. The summed E-state index contributed by atoms with van der Waals surface area (Å²) in [6.45, 7) is 3.74. The maximum absolute atomic E-state index is 12.5. The van der Waals surface area contributed by atoms with Gasteiger partial charge in [0, 0.05) is 31.2 Å². The quantitative estimate of drug-likeness (QED) is 0.398. The molecule has 0 spiro atoms. The van der Waals surface area contributed by atoms with Crippen LogP contribution in [0.3, 0.4) is 0 Å². The van der Waals surface area contributed by atoms with Crippen molar-refractivity contribution in [2.24, 2.45) is 0 Å². The number of ether oxygens (including phenoxy) is 3. The zero-order valence-electron chi connectivity index (χ0n) is 18.7. The van der Waals surface area contributed by atoms with E-state index < -0.39 is 5.56 Å². The van der Waals surface area contributed by atoms with Crippen molar-refractivity contribution in [2.45, 2.75) is 26.3 Å². The van der Waals surface area contributed by atoms with Crippen LogP contribution in [-0.2, 0) is 22.5 Å². The molecule has 0 atom stereocenters. The second kappa shape index (κ2) is 12.3. The first kappa shape index (κ1) is 23.9. The monoisotopic (exact) mass is 453 g/mol. The van der Waals surface area contributed by atoms with Gasteiger partial charge in [-0.3, -0.25) is 14.6 Å². The molecule has 174 valence electrons. The number of methoxy groups -OCH3 is 1. The van der Waals surface area contributed by atoms with Gasteiger partial charge >= 0.3 is 0 Å². The molecule has 0 bridgehead atoms. The van der Waals surface area contributed by atoms with Crippen molar-refractivity contribution in [1.82, 2.24) is 25.5 Å². The Morgan fingerprint density at radius 2 is 2.00 bits per heavy atom. The fourth-order valence-electron chi connectivity index (χ4n) is 2.96. The van der Waals surface area contributed by atoms with Crippen molar-refractivity contribution in [3.05, 3.63) is 64.3 Å². The highest BCUT2D eigenvalue weighted by atomic mass is 16.5. The topological polar surface area (TPSA) is 128 Å². The zero-order chi connectivity index (χ0) is 23.5. The number of carbonyl (C=O) groups is 1. The average molecular weight is 453 g/mol. The summed E-state index contributed by atoms with van der Waals surface area (Å²) < 4.78 is 16.3. The molecule has 0 aliphatic rings. The first-order valence-corrected chi connectivity index (χ1v) is 10.6. The molecule has 0 aliphatic heterocycles. The summed E-state index contributed by atoms with van der Waals surface area (Å²) >= 11 is 0. The molecule has 2 heterocycles. The summed E-state index contributed by atoms with van der Waals surface area (Å²) in [5.74, 6) is 1.16. The summed E-state index contributed by atoms with van der Waals surface area (Å²) in [6.07, 6.45) is 1.95. The largest absolute Gasteiger partial charge is 0.493 e. The third-order valence-electron chi connectivity index (χ3n) is 4.67. The summed E-state index contributed by atoms with van der Waals surface area (Å²) in [6, 6.07) is 10.7. The molecule has 3 rings (SSSR count). The van der Waals surface area contributed by atoms with E-state index in [0.29, 0.717) is 49.3 Å². The number of hydrogen-bond donors (Lipinski definition) is 2. The minimum atomic E-state index is -0.395. The summed E-state index contributed by atoms with van der Waals surface area (Å²) in [5.41, 5.74) is 1.17. The Bertz CT molecular complexity index is 1100. The number of amides is 1. The van der Waals surface area contributed by atoms with Crippen LogP contribution in [0.15, 0.2) is 47.4 Å². The number of aromatic amines is 1. The normalized spacial score (nSPS) is 10.6. The fourth-order valence-corrected chi connectivity index (χ4v) is 2.96. The lowest BCUT2D eigenvalue weighted by molar-refractivity contribution is -0.121. The molecule has 3 aromatic rings. The molecule has 0 saturated heterocycles. The standard InChI is InChI=1S/C23H27N5O5/c1-3-32-12-13-33-19-9-7-16(14-20(19)31-2)22-26-23(30)18(27-28-22)8-10-21(29)25-15-17-6-4-5-11-24-17/h4-7,9,11,14H,3,8,10,12-13,15H2,1-2H3,(H,25,29)(H,26,28,30). The predicted molar refractivity (Wildman–Crippen MR) is 121 cm³/mol. The first-order valence-electron chi connectivity index (χ1n) is 10.6. The molecule has 10 heteroatoms. The highest BCUT2D eigenvalue weighted by Crippen LogP contribution is 2.31. The molecular weight excluding hydrogens is 426 g/mol. The van der Waals surface area contributed by atoms with E-state index in [4.69, 9.17) is 14.2 Å². The van der Waals surface area contributed by atoms with E-state index in [1.54, 1.807) is 24.4 Å². The molecule has 2 N–H and O–H groups in total. The number of benzene rings is 1. The van der Waals surface area contributed by atoms with Crippen molar-refractivity contribution in [3.8, 4) is 22.9 Å².